The number of guanidine groups is 1. The average Bonchev–Trinajstić information content (AvgIpc) is 2.95. The quantitative estimate of drug-likeness (QED) is 0.747. The molecule has 0 bridgehead atoms. The topological polar surface area (TPSA) is 90.0 Å². The molecular weight excluding hydrogens is 375 g/mol. The van der Waals surface area contributed by atoms with Gasteiger partial charge in [0.05, 0.1) is 0 Å². The van der Waals surface area contributed by atoms with Crippen LogP contribution in [0.1, 0.15) is 25.3 Å². The van der Waals surface area contributed by atoms with Gasteiger partial charge in [-0.2, -0.15) is 4.39 Å². The number of hydrogen-bond donors (Lipinski definition) is 1. The number of rotatable bonds is 1. The summed E-state index contributed by atoms with van der Waals surface area (Å²) in [6, 6.07) is 8.56. The molecule has 3 aliphatic rings. The Balaban J connectivity index is 1.78. The van der Waals surface area contributed by atoms with Gasteiger partial charge in [-0.05, 0) is 49.6 Å². The molecular formula is C21H21FN4O3. The summed E-state index contributed by atoms with van der Waals surface area (Å²) in [6.45, 7) is 2.35. The molecule has 0 radical (unpaired) electrons. The van der Waals surface area contributed by atoms with Crippen molar-refractivity contribution in [3.05, 3.63) is 48.0 Å². The number of carbonyl (C=O) groups is 1. The molecule has 29 heavy (non-hydrogen) atoms. The molecule has 1 aromatic carbocycles. The van der Waals surface area contributed by atoms with Crippen LogP contribution in [0.15, 0.2) is 41.5 Å². The molecule has 4 heterocycles. The van der Waals surface area contributed by atoms with Gasteiger partial charge in [-0.1, -0.05) is 6.07 Å². The van der Waals surface area contributed by atoms with E-state index < -0.39 is 17.1 Å². The molecule has 7 nitrogen and oxygen atoms in total. The Morgan fingerprint density at radius 3 is 2.90 bits per heavy atom. The number of nitrogens with zero attached hydrogens (tertiary/aromatic N) is 3. The van der Waals surface area contributed by atoms with Crippen LogP contribution < -0.4 is 10.5 Å². The maximum Gasteiger partial charge on any atom is 0.265 e. The van der Waals surface area contributed by atoms with Crippen LogP contribution in [0.5, 0.6) is 5.75 Å². The number of nitrogens with two attached hydrogens (primary N) is 1. The van der Waals surface area contributed by atoms with Crippen LogP contribution in [0.4, 0.5) is 4.39 Å². The molecule has 1 aromatic heterocycles. The predicted octanol–water partition coefficient (Wildman–Crippen LogP) is 2.20. The molecule has 1 spiro atoms. The van der Waals surface area contributed by atoms with Gasteiger partial charge in [0, 0.05) is 31.0 Å². The van der Waals surface area contributed by atoms with E-state index in [9.17, 15) is 9.18 Å². The van der Waals surface area contributed by atoms with E-state index in [1.807, 2.05) is 6.92 Å². The van der Waals surface area contributed by atoms with E-state index in [0.29, 0.717) is 29.0 Å². The molecule has 1 fully saturated rings. The van der Waals surface area contributed by atoms with Gasteiger partial charge in [-0.15, -0.1) is 0 Å². The molecule has 5 rings (SSSR count). The first-order chi connectivity index (χ1) is 13.9. The summed E-state index contributed by atoms with van der Waals surface area (Å²) in [5.41, 5.74) is 5.08. The summed E-state index contributed by atoms with van der Waals surface area (Å²) in [5, 5.41) is 0. The van der Waals surface area contributed by atoms with Crippen molar-refractivity contribution in [1.29, 1.82) is 0 Å². The Labute approximate surface area is 167 Å². The highest BCUT2D eigenvalue weighted by Crippen LogP contribution is 2.55. The van der Waals surface area contributed by atoms with Crippen LogP contribution in [-0.2, 0) is 15.1 Å². The van der Waals surface area contributed by atoms with Crippen molar-refractivity contribution in [2.24, 2.45) is 10.7 Å². The van der Waals surface area contributed by atoms with Crippen molar-refractivity contribution in [2.45, 2.75) is 37.0 Å². The van der Waals surface area contributed by atoms with Crippen molar-refractivity contribution in [1.82, 2.24) is 9.88 Å². The molecule has 0 aliphatic carbocycles. The minimum Gasteiger partial charge on any atom is -0.487 e. The van der Waals surface area contributed by atoms with Crippen LogP contribution in [0.3, 0.4) is 0 Å². The Morgan fingerprint density at radius 1 is 1.34 bits per heavy atom. The lowest BCUT2D eigenvalue weighted by Gasteiger charge is -2.52. The molecule has 3 aliphatic heterocycles. The molecule has 1 saturated heterocycles. The highest BCUT2D eigenvalue weighted by molar-refractivity contribution is 6.08. The fraction of sp³-hybridized carbons (Fsp3) is 0.381. The second-order valence-electron chi connectivity index (χ2n) is 7.80. The van der Waals surface area contributed by atoms with Crippen molar-refractivity contribution in [2.75, 3.05) is 13.7 Å². The third-order valence-corrected chi connectivity index (χ3v) is 6.29. The minimum absolute atomic E-state index is 0.120. The first-order valence-electron chi connectivity index (χ1n) is 9.58. The zero-order chi connectivity index (χ0) is 20.4. The van der Waals surface area contributed by atoms with Crippen molar-refractivity contribution < 1.29 is 18.7 Å². The first-order valence-corrected chi connectivity index (χ1v) is 9.58. The summed E-state index contributed by atoms with van der Waals surface area (Å²) in [6.07, 6.45) is 2.61. The number of amides is 1. The van der Waals surface area contributed by atoms with Gasteiger partial charge in [-0.3, -0.25) is 9.69 Å². The van der Waals surface area contributed by atoms with Gasteiger partial charge < -0.3 is 15.2 Å². The molecule has 150 valence electrons. The highest BCUT2D eigenvalue weighted by Gasteiger charge is 2.68. The maximum absolute atomic E-state index is 14.3. The number of benzene rings is 1. The molecule has 2 unspecified atom stereocenters. The number of carbonyl (C=O) groups excluding carboxylic acids is 1. The average molecular weight is 396 g/mol. The number of halogens is 1. The van der Waals surface area contributed by atoms with Gasteiger partial charge in [0.25, 0.3) is 5.91 Å². The predicted molar refractivity (Wildman–Crippen MR) is 104 cm³/mol. The van der Waals surface area contributed by atoms with Crippen molar-refractivity contribution in [3.8, 4) is 16.9 Å². The third-order valence-electron chi connectivity index (χ3n) is 6.29. The van der Waals surface area contributed by atoms with E-state index in [1.165, 1.54) is 11.1 Å². The lowest BCUT2D eigenvalue weighted by atomic mass is 9.68. The summed E-state index contributed by atoms with van der Waals surface area (Å²) in [7, 11) is 1.59. The van der Waals surface area contributed by atoms with Gasteiger partial charge in [-0.25, -0.2) is 9.98 Å². The van der Waals surface area contributed by atoms with Gasteiger partial charge in [0.2, 0.25) is 11.5 Å². The summed E-state index contributed by atoms with van der Waals surface area (Å²) in [5.74, 6) is -0.215. The van der Waals surface area contributed by atoms with E-state index >= 15 is 0 Å². The fourth-order valence-corrected chi connectivity index (χ4v) is 4.68. The first kappa shape index (κ1) is 18.1. The minimum atomic E-state index is -1.39. The normalized spacial score (nSPS) is 30.6. The monoisotopic (exact) mass is 396 g/mol. The van der Waals surface area contributed by atoms with Crippen molar-refractivity contribution >= 4 is 11.9 Å². The van der Waals surface area contributed by atoms with Gasteiger partial charge >= 0.3 is 0 Å². The maximum atomic E-state index is 14.3. The van der Waals surface area contributed by atoms with E-state index in [0.717, 1.165) is 12.8 Å². The summed E-state index contributed by atoms with van der Waals surface area (Å²) in [4.78, 5) is 23.3. The van der Waals surface area contributed by atoms with E-state index in [-0.39, 0.29) is 18.0 Å². The smallest absolute Gasteiger partial charge is 0.265 e. The Morgan fingerprint density at radius 2 is 2.17 bits per heavy atom. The standard InChI is InChI=1S/C21H21FN4O3/c1-20-16(6-4-10-28-20)29-15-8-7-12(13-5-3-9-24-17(13)22)11-14(15)21(20)18(27)26(2)19(23)25-21/h3,5,7-9,11,16H,4,6,10H2,1-2H3,(H2,23,25)/t16?,20?,21-/m1/s1. The molecule has 1 amide bonds. The van der Waals surface area contributed by atoms with E-state index in [1.54, 1.807) is 37.4 Å². The summed E-state index contributed by atoms with van der Waals surface area (Å²) >= 11 is 0. The fourth-order valence-electron chi connectivity index (χ4n) is 4.68. The molecule has 3 atom stereocenters. The Bertz CT molecular complexity index is 1060. The molecule has 0 saturated carbocycles. The van der Waals surface area contributed by atoms with E-state index in [4.69, 9.17) is 15.2 Å². The number of fused-ring (bicyclic) bond motifs is 4. The number of ether oxygens (including phenoxy) is 2. The SMILES string of the molecule is CN1C(=O)[C@]2(N=C1N)c1cc(-c3cccnc3F)ccc1OC1CCCOC12C. The van der Waals surface area contributed by atoms with Crippen molar-refractivity contribution in [3.63, 3.8) is 0 Å². The number of likely N-dealkylation sites (N-methyl/N-ethyl adjacent to an activating group) is 1. The number of hydrogen-bond acceptors (Lipinski definition) is 6. The lowest BCUT2D eigenvalue weighted by molar-refractivity contribution is -0.191. The third kappa shape index (κ3) is 2.23. The molecule has 2 N–H and O–H groups in total. The molecule has 2 aromatic rings. The van der Waals surface area contributed by atoms with Gasteiger partial charge in [0.15, 0.2) is 5.96 Å². The number of pyridine rings is 1. The number of aliphatic imine (C=N–C) groups is 1. The van der Waals surface area contributed by atoms with Crippen LogP contribution >= 0.6 is 0 Å². The van der Waals surface area contributed by atoms with Gasteiger partial charge in [0.1, 0.15) is 17.5 Å². The van der Waals surface area contributed by atoms with E-state index in [2.05, 4.69) is 9.98 Å². The van der Waals surface area contributed by atoms with Crippen LogP contribution in [0.25, 0.3) is 11.1 Å². The van der Waals surface area contributed by atoms with Crippen LogP contribution in [0.2, 0.25) is 0 Å². The van der Waals surface area contributed by atoms with Crippen LogP contribution in [0, 0.1) is 5.95 Å². The highest BCUT2D eigenvalue weighted by atomic mass is 19.1. The second kappa shape index (κ2) is 6.00. The Hall–Kier alpha value is -3.00. The Kier molecular flexibility index (Phi) is 3.73. The zero-order valence-corrected chi connectivity index (χ0v) is 16.2. The molecule has 8 heteroatoms. The second-order valence-corrected chi connectivity index (χ2v) is 7.80. The summed E-state index contributed by atoms with van der Waals surface area (Å²) < 4.78 is 26.8. The van der Waals surface area contributed by atoms with Crippen LogP contribution in [-0.4, -0.2) is 47.1 Å². The number of aromatic nitrogens is 1. The lowest BCUT2D eigenvalue weighted by Crippen LogP contribution is -2.67. The zero-order valence-electron chi connectivity index (χ0n) is 16.2. The largest absolute Gasteiger partial charge is 0.487 e.